The molecule has 0 bridgehead atoms. The molecule has 0 radical (unpaired) electrons. The molecular weight excluding hydrogens is 262 g/mol. The van der Waals surface area contributed by atoms with Crippen molar-refractivity contribution in [3.8, 4) is 10.8 Å². The van der Waals surface area contributed by atoms with Crippen LogP contribution in [0.2, 0.25) is 0 Å². The van der Waals surface area contributed by atoms with E-state index in [0.29, 0.717) is 0 Å². The molecule has 1 aromatic carbocycles. The Labute approximate surface area is 106 Å². The van der Waals surface area contributed by atoms with Gasteiger partial charge in [-0.15, -0.1) is 0 Å². The van der Waals surface area contributed by atoms with E-state index in [1.807, 2.05) is 0 Å². The number of likely N-dealkylation sites (tertiary alicyclic amines) is 1. The van der Waals surface area contributed by atoms with Crippen LogP contribution in [-0.4, -0.2) is 24.5 Å². The molecule has 0 N–H and O–H groups in total. The third kappa shape index (κ3) is 3.10. The second-order valence-corrected chi connectivity index (χ2v) is 4.63. The molecule has 0 unspecified atom stereocenters. The lowest BCUT2D eigenvalue weighted by Crippen LogP contribution is -2.33. The van der Waals surface area contributed by atoms with Gasteiger partial charge < -0.3 is 0 Å². The number of benzene rings is 1. The summed E-state index contributed by atoms with van der Waals surface area (Å²) in [6.07, 6.45) is 2.52. The molecule has 2 rings (SSSR count). The van der Waals surface area contributed by atoms with Gasteiger partial charge in [0, 0.05) is 15.9 Å². The van der Waals surface area contributed by atoms with Crippen LogP contribution in [0, 0.1) is 10.8 Å². The van der Waals surface area contributed by atoms with Gasteiger partial charge in [-0.1, -0.05) is 36.3 Å². The Morgan fingerprint density at radius 2 is 1.88 bits per heavy atom. The van der Waals surface area contributed by atoms with Crippen molar-refractivity contribution < 1.29 is 0 Å². The SMILES string of the molecule is BrC#CCN1CCC(c2ccccc2)CC1. The van der Waals surface area contributed by atoms with Crippen LogP contribution in [-0.2, 0) is 0 Å². The fraction of sp³-hybridized carbons (Fsp3) is 0.429. The van der Waals surface area contributed by atoms with Gasteiger partial charge >= 0.3 is 0 Å². The number of piperidine rings is 1. The molecule has 2 heteroatoms. The van der Waals surface area contributed by atoms with Crippen LogP contribution in [0.3, 0.4) is 0 Å². The van der Waals surface area contributed by atoms with Crippen molar-refractivity contribution in [2.75, 3.05) is 19.6 Å². The Hall–Kier alpha value is -0.780. The molecule has 1 aliphatic heterocycles. The summed E-state index contributed by atoms with van der Waals surface area (Å²) < 4.78 is 0. The van der Waals surface area contributed by atoms with Gasteiger partial charge in [0.1, 0.15) is 0 Å². The first-order valence-electron chi connectivity index (χ1n) is 5.76. The highest BCUT2D eigenvalue weighted by Crippen LogP contribution is 2.27. The summed E-state index contributed by atoms with van der Waals surface area (Å²) in [5, 5.41) is 0. The summed E-state index contributed by atoms with van der Waals surface area (Å²) in [6, 6.07) is 10.9. The molecule has 0 amide bonds. The number of hydrogen-bond acceptors (Lipinski definition) is 1. The molecule has 0 aromatic heterocycles. The third-order valence-corrected chi connectivity index (χ3v) is 3.51. The Balaban J connectivity index is 1.87. The predicted octanol–water partition coefficient (Wildman–Crippen LogP) is 3.22. The van der Waals surface area contributed by atoms with Crippen molar-refractivity contribution in [3.63, 3.8) is 0 Å². The van der Waals surface area contributed by atoms with Crippen molar-refractivity contribution in [2.24, 2.45) is 0 Å². The lowest BCUT2D eigenvalue weighted by Gasteiger charge is -2.30. The Morgan fingerprint density at radius 1 is 1.19 bits per heavy atom. The van der Waals surface area contributed by atoms with Gasteiger partial charge in [0.25, 0.3) is 0 Å². The third-order valence-electron chi connectivity index (χ3n) is 3.23. The summed E-state index contributed by atoms with van der Waals surface area (Å²) in [5.41, 5.74) is 1.49. The largest absolute Gasteiger partial charge is 0.292 e. The van der Waals surface area contributed by atoms with E-state index in [1.165, 1.54) is 31.5 Å². The molecular formula is C14H16BrN. The number of halogens is 1. The maximum absolute atomic E-state index is 3.14. The van der Waals surface area contributed by atoms with Crippen LogP contribution >= 0.6 is 15.9 Å². The molecule has 0 aliphatic carbocycles. The molecule has 84 valence electrons. The molecule has 0 atom stereocenters. The summed E-state index contributed by atoms with van der Waals surface area (Å²) in [5.74, 6) is 3.81. The van der Waals surface area contributed by atoms with Gasteiger partial charge in [0.05, 0.1) is 6.54 Å². The van der Waals surface area contributed by atoms with Crippen LogP contribution in [0.1, 0.15) is 24.3 Å². The number of rotatable bonds is 2. The second-order valence-electron chi connectivity index (χ2n) is 4.23. The molecule has 1 aromatic rings. The Morgan fingerprint density at radius 3 is 2.50 bits per heavy atom. The average Bonchev–Trinajstić information content (AvgIpc) is 2.38. The number of hydrogen-bond donors (Lipinski definition) is 0. The summed E-state index contributed by atoms with van der Waals surface area (Å²) in [7, 11) is 0. The molecule has 0 spiro atoms. The standard InChI is InChI=1S/C14H16BrN/c15-9-4-10-16-11-7-14(8-12-16)13-5-2-1-3-6-13/h1-3,5-6,14H,7-8,10-12H2. The van der Waals surface area contributed by atoms with Crippen LogP contribution in [0.25, 0.3) is 0 Å². The van der Waals surface area contributed by atoms with Gasteiger partial charge in [-0.2, -0.15) is 0 Å². The zero-order chi connectivity index (χ0) is 11.2. The van der Waals surface area contributed by atoms with Crippen molar-refractivity contribution in [1.82, 2.24) is 4.90 Å². The van der Waals surface area contributed by atoms with Crippen molar-refractivity contribution in [2.45, 2.75) is 18.8 Å². The first-order chi connectivity index (χ1) is 7.90. The lowest BCUT2D eigenvalue weighted by molar-refractivity contribution is 0.236. The highest BCUT2D eigenvalue weighted by molar-refractivity contribution is 9.12. The fourth-order valence-electron chi connectivity index (χ4n) is 2.29. The average molecular weight is 278 g/mol. The van der Waals surface area contributed by atoms with Gasteiger partial charge in [0.2, 0.25) is 0 Å². The minimum absolute atomic E-state index is 0.745. The quantitative estimate of drug-likeness (QED) is 0.751. The topological polar surface area (TPSA) is 3.24 Å². The Kier molecular flexibility index (Phi) is 4.44. The van der Waals surface area contributed by atoms with Gasteiger partial charge in [-0.05, 0) is 42.2 Å². The predicted molar refractivity (Wildman–Crippen MR) is 71.6 cm³/mol. The summed E-state index contributed by atoms with van der Waals surface area (Å²) in [4.78, 5) is 5.20. The normalized spacial score (nSPS) is 17.8. The first kappa shape index (κ1) is 11.7. The van der Waals surface area contributed by atoms with Crippen molar-refractivity contribution in [1.29, 1.82) is 0 Å². The molecule has 1 aliphatic rings. The minimum Gasteiger partial charge on any atom is -0.292 e. The number of nitrogens with zero attached hydrogens (tertiary/aromatic N) is 1. The zero-order valence-corrected chi connectivity index (χ0v) is 10.9. The van der Waals surface area contributed by atoms with Gasteiger partial charge in [0.15, 0.2) is 0 Å². The van der Waals surface area contributed by atoms with E-state index >= 15 is 0 Å². The fourth-order valence-corrected chi connectivity index (χ4v) is 2.42. The van der Waals surface area contributed by atoms with E-state index in [9.17, 15) is 0 Å². The van der Waals surface area contributed by atoms with E-state index in [1.54, 1.807) is 0 Å². The van der Waals surface area contributed by atoms with Crippen molar-refractivity contribution in [3.05, 3.63) is 35.9 Å². The van der Waals surface area contributed by atoms with Crippen LogP contribution in [0.5, 0.6) is 0 Å². The van der Waals surface area contributed by atoms with Gasteiger partial charge in [-0.25, -0.2) is 0 Å². The summed E-state index contributed by atoms with van der Waals surface area (Å²) in [6.45, 7) is 3.23. The minimum atomic E-state index is 0.745. The summed E-state index contributed by atoms with van der Waals surface area (Å²) >= 11 is 3.14. The molecule has 1 heterocycles. The second kappa shape index (κ2) is 6.08. The highest BCUT2D eigenvalue weighted by Gasteiger charge is 2.19. The van der Waals surface area contributed by atoms with Crippen LogP contribution < -0.4 is 0 Å². The van der Waals surface area contributed by atoms with Crippen LogP contribution in [0.15, 0.2) is 30.3 Å². The first-order valence-corrected chi connectivity index (χ1v) is 6.55. The highest BCUT2D eigenvalue weighted by atomic mass is 79.9. The molecule has 1 fully saturated rings. The molecule has 1 nitrogen and oxygen atoms in total. The maximum atomic E-state index is 3.14. The van der Waals surface area contributed by atoms with Gasteiger partial charge in [-0.3, -0.25) is 4.90 Å². The monoisotopic (exact) mass is 277 g/mol. The van der Waals surface area contributed by atoms with E-state index in [2.05, 4.69) is 61.9 Å². The van der Waals surface area contributed by atoms with Crippen LogP contribution in [0.4, 0.5) is 0 Å². The Bertz CT molecular complexity index is 369. The maximum Gasteiger partial charge on any atom is 0.0610 e. The van der Waals surface area contributed by atoms with E-state index in [4.69, 9.17) is 0 Å². The van der Waals surface area contributed by atoms with E-state index in [-0.39, 0.29) is 0 Å². The van der Waals surface area contributed by atoms with E-state index < -0.39 is 0 Å². The smallest absolute Gasteiger partial charge is 0.0610 e. The molecule has 0 saturated carbocycles. The molecule has 16 heavy (non-hydrogen) atoms. The zero-order valence-electron chi connectivity index (χ0n) is 9.32. The molecule has 1 saturated heterocycles. The van der Waals surface area contributed by atoms with E-state index in [0.717, 1.165) is 12.5 Å². The lowest BCUT2D eigenvalue weighted by atomic mass is 9.89. The van der Waals surface area contributed by atoms with Crippen molar-refractivity contribution >= 4 is 15.9 Å².